The lowest BCUT2D eigenvalue weighted by Gasteiger charge is -2.36. The van der Waals surface area contributed by atoms with E-state index in [4.69, 9.17) is 5.73 Å². The van der Waals surface area contributed by atoms with Gasteiger partial charge < -0.3 is 11.1 Å². The summed E-state index contributed by atoms with van der Waals surface area (Å²) in [6.07, 6.45) is 4.02. The maximum Gasteiger partial charge on any atom is 0.240 e. The summed E-state index contributed by atoms with van der Waals surface area (Å²) < 4.78 is 0. The van der Waals surface area contributed by atoms with E-state index in [1.807, 2.05) is 0 Å². The van der Waals surface area contributed by atoms with Crippen molar-refractivity contribution in [2.45, 2.75) is 65.0 Å². The second kappa shape index (κ2) is 3.22. The molecular weight excluding hydrogens is 200 g/mol. The van der Waals surface area contributed by atoms with E-state index in [0.717, 1.165) is 12.8 Å². The number of hydrogen-bond donors (Lipinski definition) is 2. The maximum absolute atomic E-state index is 12.0. The van der Waals surface area contributed by atoms with E-state index < -0.39 is 5.54 Å². The first kappa shape index (κ1) is 11.9. The van der Waals surface area contributed by atoms with Gasteiger partial charge in [-0.15, -0.1) is 0 Å². The third kappa shape index (κ3) is 1.86. The van der Waals surface area contributed by atoms with Gasteiger partial charge in [0.2, 0.25) is 5.91 Å². The van der Waals surface area contributed by atoms with Crippen molar-refractivity contribution in [3.8, 4) is 0 Å². The normalized spacial score (nSPS) is 30.1. The van der Waals surface area contributed by atoms with Gasteiger partial charge in [-0.1, -0.05) is 27.7 Å². The molecule has 2 fully saturated rings. The molecule has 0 saturated heterocycles. The monoisotopic (exact) mass is 224 g/mol. The van der Waals surface area contributed by atoms with Gasteiger partial charge >= 0.3 is 0 Å². The third-order valence-electron chi connectivity index (χ3n) is 4.49. The SMILES string of the molecule is CC1(C)CCC(C)(C)C1NC(=O)C1(N)CC1. The fourth-order valence-corrected chi connectivity index (χ4v) is 3.02. The van der Waals surface area contributed by atoms with Gasteiger partial charge in [-0.25, -0.2) is 0 Å². The molecule has 2 aliphatic carbocycles. The predicted octanol–water partition coefficient (Wildman–Crippen LogP) is 1.81. The van der Waals surface area contributed by atoms with Crippen LogP contribution < -0.4 is 11.1 Å². The zero-order valence-corrected chi connectivity index (χ0v) is 10.9. The average Bonchev–Trinajstić information content (AvgIpc) is 2.86. The van der Waals surface area contributed by atoms with Crippen LogP contribution in [0.2, 0.25) is 0 Å². The van der Waals surface area contributed by atoms with Crippen molar-refractivity contribution in [1.29, 1.82) is 0 Å². The Morgan fingerprint density at radius 1 is 1.06 bits per heavy atom. The van der Waals surface area contributed by atoms with E-state index in [1.54, 1.807) is 0 Å². The molecule has 0 aromatic heterocycles. The lowest BCUT2D eigenvalue weighted by molar-refractivity contribution is -0.125. The summed E-state index contributed by atoms with van der Waals surface area (Å²) in [5.74, 6) is 0.0561. The van der Waals surface area contributed by atoms with Crippen LogP contribution in [0.1, 0.15) is 53.4 Å². The van der Waals surface area contributed by atoms with Gasteiger partial charge in [0, 0.05) is 6.04 Å². The number of hydrogen-bond acceptors (Lipinski definition) is 2. The van der Waals surface area contributed by atoms with Crippen molar-refractivity contribution in [3.63, 3.8) is 0 Å². The Labute approximate surface area is 98.2 Å². The summed E-state index contributed by atoms with van der Waals surface area (Å²) in [5, 5.41) is 3.20. The number of nitrogens with two attached hydrogens (primary N) is 1. The van der Waals surface area contributed by atoms with Crippen LogP contribution in [0.5, 0.6) is 0 Å². The summed E-state index contributed by atoms with van der Waals surface area (Å²) in [4.78, 5) is 12.0. The Hall–Kier alpha value is -0.570. The van der Waals surface area contributed by atoms with Crippen molar-refractivity contribution in [1.82, 2.24) is 5.32 Å². The van der Waals surface area contributed by atoms with Gasteiger partial charge in [-0.3, -0.25) is 4.79 Å². The highest BCUT2D eigenvalue weighted by Gasteiger charge is 2.52. The minimum atomic E-state index is -0.547. The molecule has 0 heterocycles. The van der Waals surface area contributed by atoms with Crippen LogP contribution in [0.25, 0.3) is 0 Å². The molecule has 3 nitrogen and oxygen atoms in total. The maximum atomic E-state index is 12.0. The van der Waals surface area contributed by atoms with Crippen LogP contribution in [0.4, 0.5) is 0 Å². The molecule has 0 unspecified atom stereocenters. The molecule has 2 rings (SSSR count). The standard InChI is InChI=1S/C13H24N2O/c1-11(2)5-6-12(3,4)9(11)15-10(16)13(14)7-8-13/h9H,5-8,14H2,1-4H3,(H,15,16). The number of carbonyl (C=O) groups is 1. The number of carbonyl (C=O) groups excluding carboxylic acids is 1. The third-order valence-corrected chi connectivity index (χ3v) is 4.49. The number of nitrogens with one attached hydrogen (secondary N) is 1. The van der Waals surface area contributed by atoms with Crippen LogP contribution in [0.3, 0.4) is 0 Å². The van der Waals surface area contributed by atoms with Gasteiger partial charge in [-0.05, 0) is 36.5 Å². The van der Waals surface area contributed by atoms with E-state index in [-0.39, 0.29) is 22.8 Å². The van der Waals surface area contributed by atoms with Gasteiger partial charge in [-0.2, -0.15) is 0 Å². The molecule has 1 amide bonds. The fraction of sp³-hybridized carbons (Fsp3) is 0.923. The number of rotatable bonds is 2. The van der Waals surface area contributed by atoms with Crippen LogP contribution in [-0.2, 0) is 4.79 Å². The Morgan fingerprint density at radius 2 is 1.50 bits per heavy atom. The van der Waals surface area contributed by atoms with E-state index in [2.05, 4.69) is 33.0 Å². The Balaban J connectivity index is 2.10. The highest BCUT2D eigenvalue weighted by Crippen LogP contribution is 2.49. The zero-order chi connectivity index (χ0) is 12.2. The lowest BCUT2D eigenvalue weighted by Crippen LogP contribution is -2.54. The zero-order valence-electron chi connectivity index (χ0n) is 10.9. The van der Waals surface area contributed by atoms with E-state index >= 15 is 0 Å². The predicted molar refractivity (Wildman–Crippen MR) is 64.9 cm³/mol. The second-order valence-electron chi connectivity index (χ2n) is 7.04. The van der Waals surface area contributed by atoms with Crippen LogP contribution in [0.15, 0.2) is 0 Å². The summed E-state index contributed by atoms with van der Waals surface area (Å²) in [5.41, 5.74) is 5.76. The summed E-state index contributed by atoms with van der Waals surface area (Å²) in [6.45, 7) is 8.96. The van der Waals surface area contributed by atoms with Crippen LogP contribution in [0, 0.1) is 10.8 Å². The molecule has 3 heteroatoms. The minimum Gasteiger partial charge on any atom is -0.351 e. The van der Waals surface area contributed by atoms with Crippen molar-refractivity contribution >= 4 is 5.91 Å². The van der Waals surface area contributed by atoms with Gasteiger partial charge in [0.05, 0.1) is 5.54 Å². The van der Waals surface area contributed by atoms with Crippen molar-refractivity contribution < 1.29 is 4.79 Å². The van der Waals surface area contributed by atoms with Gasteiger partial charge in [0.1, 0.15) is 0 Å². The molecule has 0 spiro atoms. The minimum absolute atomic E-state index is 0.0561. The quantitative estimate of drug-likeness (QED) is 0.751. The van der Waals surface area contributed by atoms with E-state index in [1.165, 1.54) is 12.8 Å². The highest BCUT2D eigenvalue weighted by atomic mass is 16.2. The molecule has 0 atom stereocenters. The molecule has 2 aliphatic rings. The fourth-order valence-electron chi connectivity index (χ4n) is 3.02. The Bertz CT molecular complexity index is 300. The molecule has 0 radical (unpaired) electrons. The first-order chi connectivity index (χ1) is 7.17. The highest BCUT2D eigenvalue weighted by molar-refractivity contribution is 5.89. The summed E-state index contributed by atoms with van der Waals surface area (Å²) >= 11 is 0. The molecule has 92 valence electrons. The molecule has 2 saturated carbocycles. The molecule has 0 bridgehead atoms. The molecule has 0 aromatic rings. The molecule has 0 aliphatic heterocycles. The summed E-state index contributed by atoms with van der Waals surface area (Å²) in [7, 11) is 0. The lowest BCUT2D eigenvalue weighted by atomic mass is 9.78. The molecule has 16 heavy (non-hydrogen) atoms. The average molecular weight is 224 g/mol. The largest absolute Gasteiger partial charge is 0.351 e. The topological polar surface area (TPSA) is 55.1 Å². The number of amides is 1. The molecule has 3 N–H and O–H groups in total. The summed E-state index contributed by atoms with van der Waals surface area (Å²) in [6, 6.07) is 0.244. The van der Waals surface area contributed by atoms with Crippen LogP contribution in [-0.4, -0.2) is 17.5 Å². The van der Waals surface area contributed by atoms with Crippen molar-refractivity contribution in [2.75, 3.05) is 0 Å². The van der Waals surface area contributed by atoms with Crippen molar-refractivity contribution in [3.05, 3.63) is 0 Å². The Morgan fingerprint density at radius 3 is 1.88 bits per heavy atom. The van der Waals surface area contributed by atoms with Gasteiger partial charge in [0.25, 0.3) is 0 Å². The first-order valence-corrected chi connectivity index (χ1v) is 6.27. The first-order valence-electron chi connectivity index (χ1n) is 6.27. The molecule has 0 aromatic carbocycles. The van der Waals surface area contributed by atoms with E-state index in [0.29, 0.717) is 0 Å². The Kier molecular flexibility index (Phi) is 2.40. The molecular formula is C13H24N2O. The van der Waals surface area contributed by atoms with E-state index in [9.17, 15) is 4.79 Å². The second-order valence-corrected chi connectivity index (χ2v) is 7.04. The van der Waals surface area contributed by atoms with Gasteiger partial charge in [0.15, 0.2) is 0 Å². The van der Waals surface area contributed by atoms with Crippen molar-refractivity contribution in [2.24, 2.45) is 16.6 Å². The van der Waals surface area contributed by atoms with Crippen LogP contribution >= 0.6 is 0 Å². The smallest absolute Gasteiger partial charge is 0.240 e.